The van der Waals surface area contributed by atoms with Crippen molar-refractivity contribution in [3.05, 3.63) is 17.0 Å². The number of methoxy groups -OCH3 is 1. The summed E-state index contributed by atoms with van der Waals surface area (Å²) in [5.41, 5.74) is 0.196. The molecule has 0 aromatic carbocycles. The highest BCUT2D eigenvalue weighted by Gasteiger charge is 2.37. The van der Waals surface area contributed by atoms with Gasteiger partial charge in [0.1, 0.15) is 17.6 Å². The molecule has 0 atom stereocenters. The lowest BCUT2D eigenvalue weighted by Gasteiger charge is -2.12. The fourth-order valence-electron chi connectivity index (χ4n) is 1.34. The van der Waals surface area contributed by atoms with Gasteiger partial charge < -0.3 is 10.1 Å². The van der Waals surface area contributed by atoms with Gasteiger partial charge in [-0.1, -0.05) is 11.6 Å². The Hall–Kier alpha value is -0.870. The van der Waals surface area contributed by atoms with E-state index < -0.39 is 0 Å². The van der Waals surface area contributed by atoms with Crippen molar-refractivity contribution >= 4 is 17.4 Å². The zero-order valence-electron chi connectivity index (χ0n) is 8.88. The van der Waals surface area contributed by atoms with Gasteiger partial charge in [-0.25, -0.2) is 9.97 Å². The largest absolute Gasteiger partial charge is 0.377 e. The van der Waals surface area contributed by atoms with Crippen LogP contribution in [0.5, 0.6) is 0 Å². The zero-order chi connectivity index (χ0) is 10.9. The first-order valence-electron chi connectivity index (χ1n) is 4.92. The van der Waals surface area contributed by atoms with E-state index in [9.17, 15) is 0 Å². The molecule has 0 bridgehead atoms. The van der Waals surface area contributed by atoms with E-state index in [1.54, 1.807) is 13.2 Å². The lowest BCUT2D eigenvalue weighted by Crippen LogP contribution is -2.17. The highest BCUT2D eigenvalue weighted by atomic mass is 35.5. The van der Waals surface area contributed by atoms with Crippen LogP contribution in [0.1, 0.15) is 25.6 Å². The van der Waals surface area contributed by atoms with E-state index in [4.69, 9.17) is 16.3 Å². The van der Waals surface area contributed by atoms with Crippen LogP contribution in [0.4, 0.5) is 5.82 Å². The minimum atomic E-state index is 0.196. The van der Waals surface area contributed by atoms with Crippen LogP contribution < -0.4 is 5.32 Å². The Bertz CT molecular complexity index is 366. The van der Waals surface area contributed by atoms with Crippen molar-refractivity contribution in [2.24, 2.45) is 0 Å². The molecule has 2 rings (SSSR count). The number of ether oxygens (including phenoxy) is 1. The molecular weight excluding hydrogens is 214 g/mol. The molecular formula is C10H14ClN3O. The second-order valence-electron chi connectivity index (χ2n) is 4.11. The van der Waals surface area contributed by atoms with Gasteiger partial charge in [0.05, 0.1) is 0 Å². The molecule has 0 unspecified atom stereocenters. The summed E-state index contributed by atoms with van der Waals surface area (Å²) in [6.45, 7) is 2.55. The number of rotatable bonds is 4. The first-order chi connectivity index (χ1) is 7.11. The van der Waals surface area contributed by atoms with Gasteiger partial charge in [0.2, 0.25) is 0 Å². The van der Waals surface area contributed by atoms with Gasteiger partial charge in [-0.15, -0.1) is 0 Å². The third kappa shape index (κ3) is 2.79. The van der Waals surface area contributed by atoms with Crippen molar-refractivity contribution in [3.8, 4) is 0 Å². The second-order valence-corrected chi connectivity index (χ2v) is 4.50. The minimum absolute atomic E-state index is 0.196. The lowest BCUT2D eigenvalue weighted by molar-refractivity contribution is 0.178. The van der Waals surface area contributed by atoms with Crippen molar-refractivity contribution in [1.29, 1.82) is 0 Å². The first-order valence-corrected chi connectivity index (χ1v) is 5.30. The predicted molar refractivity (Wildman–Crippen MR) is 59.0 cm³/mol. The third-order valence-corrected chi connectivity index (χ3v) is 2.64. The molecule has 5 heteroatoms. The van der Waals surface area contributed by atoms with Crippen LogP contribution in [0.15, 0.2) is 6.07 Å². The van der Waals surface area contributed by atoms with Crippen molar-refractivity contribution < 1.29 is 4.74 Å². The van der Waals surface area contributed by atoms with Gasteiger partial charge in [0.25, 0.3) is 0 Å². The molecule has 0 spiro atoms. The maximum atomic E-state index is 5.89. The van der Waals surface area contributed by atoms with Crippen molar-refractivity contribution in [1.82, 2.24) is 9.97 Å². The summed E-state index contributed by atoms with van der Waals surface area (Å²) in [4.78, 5) is 8.38. The Kier molecular flexibility index (Phi) is 2.80. The molecule has 0 aliphatic heterocycles. The summed E-state index contributed by atoms with van der Waals surface area (Å²) in [5, 5.41) is 3.79. The van der Waals surface area contributed by atoms with E-state index >= 15 is 0 Å². The Labute approximate surface area is 94.0 Å². The SMILES string of the molecule is COCc1nc(Cl)cc(NC2(C)CC2)n1. The number of nitrogens with zero attached hydrogens (tertiary/aromatic N) is 2. The van der Waals surface area contributed by atoms with Crippen LogP contribution in [0.3, 0.4) is 0 Å². The van der Waals surface area contributed by atoms with E-state index in [2.05, 4.69) is 22.2 Å². The summed E-state index contributed by atoms with van der Waals surface area (Å²) in [7, 11) is 1.61. The monoisotopic (exact) mass is 227 g/mol. The van der Waals surface area contributed by atoms with Crippen LogP contribution in [-0.2, 0) is 11.3 Å². The zero-order valence-corrected chi connectivity index (χ0v) is 9.64. The molecule has 1 heterocycles. The first kappa shape index (κ1) is 10.6. The summed E-state index contributed by atoms with van der Waals surface area (Å²) in [6, 6.07) is 1.74. The fraction of sp³-hybridized carbons (Fsp3) is 0.600. The van der Waals surface area contributed by atoms with E-state index in [0.717, 1.165) is 5.82 Å². The normalized spacial score (nSPS) is 17.5. The lowest BCUT2D eigenvalue weighted by atomic mass is 10.3. The molecule has 1 aliphatic rings. The van der Waals surface area contributed by atoms with Crippen molar-refractivity contribution in [2.75, 3.05) is 12.4 Å². The van der Waals surface area contributed by atoms with E-state index in [1.807, 2.05) is 0 Å². The number of anilines is 1. The summed E-state index contributed by atoms with van der Waals surface area (Å²) >= 11 is 5.89. The summed E-state index contributed by atoms with van der Waals surface area (Å²) < 4.78 is 4.97. The smallest absolute Gasteiger partial charge is 0.158 e. The number of aromatic nitrogens is 2. The number of halogens is 1. The standard InChI is InChI=1S/C10H14ClN3O/c1-10(3-4-10)14-8-5-7(11)12-9(13-8)6-15-2/h5H,3-4,6H2,1-2H3,(H,12,13,14). The number of nitrogens with one attached hydrogen (secondary N) is 1. The minimum Gasteiger partial charge on any atom is -0.377 e. The van der Waals surface area contributed by atoms with Crippen molar-refractivity contribution in [2.45, 2.75) is 31.9 Å². The van der Waals surface area contributed by atoms with E-state index in [0.29, 0.717) is 17.6 Å². The topological polar surface area (TPSA) is 47.0 Å². The highest BCUT2D eigenvalue weighted by molar-refractivity contribution is 6.29. The molecule has 0 amide bonds. The molecule has 1 aromatic rings. The summed E-state index contributed by atoms with van der Waals surface area (Å²) in [5.74, 6) is 1.39. The van der Waals surface area contributed by atoms with Crippen molar-refractivity contribution in [3.63, 3.8) is 0 Å². The van der Waals surface area contributed by atoms with E-state index in [1.165, 1.54) is 12.8 Å². The maximum Gasteiger partial charge on any atom is 0.158 e. The second kappa shape index (κ2) is 3.94. The molecule has 15 heavy (non-hydrogen) atoms. The molecule has 1 aromatic heterocycles. The van der Waals surface area contributed by atoms with Gasteiger partial charge in [-0.3, -0.25) is 0 Å². The van der Waals surface area contributed by atoms with Gasteiger partial charge in [-0.05, 0) is 19.8 Å². The van der Waals surface area contributed by atoms with Crippen LogP contribution in [0.25, 0.3) is 0 Å². The number of hydrogen-bond acceptors (Lipinski definition) is 4. The molecule has 0 saturated heterocycles. The average molecular weight is 228 g/mol. The predicted octanol–water partition coefficient (Wildman–Crippen LogP) is 2.24. The fourth-order valence-corrected chi connectivity index (χ4v) is 1.54. The quantitative estimate of drug-likeness (QED) is 0.802. The van der Waals surface area contributed by atoms with E-state index in [-0.39, 0.29) is 5.54 Å². The third-order valence-electron chi connectivity index (χ3n) is 2.44. The average Bonchev–Trinajstić information content (AvgIpc) is 2.82. The summed E-state index contributed by atoms with van der Waals surface area (Å²) in [6.07, 6.45) is 2.35. The van der Waals surface area contributed by atoms with Crippen LogP contribution in [0.2, 0.25) is 5.15 Å². The van der Waals surface area contributed by atoms with Crippen LogP contribution in [-0.4, -0.2) is 22.6 Å². The Morgan fingerprint density at radius 2 is 2.27 bits per heavy atom. The van der Waals surface area contributed by atoms with Gasteiger partial charge in [-0.2, -0.15) is 0 Å². The highest BCUT2D eigenvalue weighted by Crippen LogP contribution is 2.37. The number of hydrogen-bond donors (Lipinski definition) is 1. The van der Waals surface area contributed by atoms with Gasteiger partial charge >= 0.3 is 0 Å². The maximum absolute atomic E-state index is 5.89. The Balaban J connectivity index is 2.15. The Morgan fingerprint density at radius 1 is 1.53 bits per heavy atom. The molecule has 1 aliphatic carbocycles. The van der Waals surface area contributed by atoms with Crippen LogP contribution in [0, 0.1) is 0 Å². The molecule has 1 saturated carbocycles. The molecule has 82 valence electrons. The van der Waals surface area contributed by atoms with Gasteiger partial charge in [0, 0.05) is 18.7 Å². The van der Waals surface area contributed by atoms with Crippen LogP contribution >= 0.6 is 11.6 Å². The molecule has 4 nitrogen and oxygen atoms in total. The Morgan fingerprint density at radius 3 is 2.87 bits per heavy atom. The molecule has 1 N–H and O–H groups in total. The molecule has 1 fully saturated rings. The molecule has 0 radical (unpaired) electrons. The van der Waals surface area contributed by atoms with Gasteiger partial charge in [0.15, 0.2) is 5.82 Å².